The Kier molecular flexibility index (Phi) is 4.30. The maximum Gasteiger partial charge on any atom is 0.229 e. The summed E-state index contributed by atoms with van der Waals surface area (Å²) >= 11 is 0. The van der Waals surface area contributed by atoms with Crippen molar-refractivity contribution < 1.29 is 4.79 Å². The second-order valence-corrected chi connectivity index (χ2v) is 4.44. The van der Waals surface area contributed by atoms with Crippen molar-refractivity contribution >= 4 is 5.91 Å². The Morgan fingerprint density at radius 1 is 1.42 bits per heavy atom. The average molecular weight is 258 g/mol. The number of amides is 1. The number of carbonyl (C=O) groups is 1. The van der Waals surface area contributed by atoms with Gasteiger partial charge < -0.3 is 11.1 Å². The molecule has 100 valence electrons. The Bertz CT molecular complexity index is 535. The van der Waals surface area contributed by atoms with Crippen molar-refractivity contribution in [1.29, 1.82) is 0 Å². The third-order valence-electron chi connectivity index (χ3n) is 2.98. The molecule has 5 heteroatoms. The van der Waals surface area contributed by atoms with Gasteiger partial charge in [0.05, 0.1) is 12.1 Å². The number of aromatic nitrogens is 2. The van der Waals surface area contributed by atoms with E-state index in [0.717, 1.165) is 11.1 Å². The maximum atomic E-state index is 12.1. The van der Waals surface area contributed by atoms with Crippen LogP contribution >= 0.6 is 0 Å². The molecule has 0 aliphatic heterocycles. The van der Waals surface area contributed by atoms with Gasteiger partial charge in [-0.15, -0.1) is 0 Å². The van der Waals surface area contributed by atoms with E-state index >= 15 is 0 Å². The molecule has 0 saturated heterocycles. The van der Waals surface area contributed by atoms with Gasteiger partial charge in [0, 0.05) is 31.9 Å². The number of rotatable bonds is 5. The molecule has 1 atom stereocenters. The van der Waals surface area contributed by atoms with Crippen LogP contribution in [-0.2, 0) is 18.4 Å². The average Bonchev–Trinajstić information content (AvgIpc) is 2.84. The quantitative estimate of drug-likeness (QED) is 0.832. The SMILES string of the molecule is Cn1cc(CNC(=O)[C@H](CN)c2ccccc2)cn1. The van der Waals surface area contributed by atoms with Crippen molar-refractivity contribution in [1.82, 2.24) is 15.1 Å². The predicted octanol–water partition coefficient (Wildman–Crippen LogP) is 0.779. The molecule has 2 rings (SSSR count). The molecular formula is C14H18N4O. The minimum Gasteiger partial charge on any atom is -0.351 e. The molecule has 2 aromatic rings. The number of nitrogens with one attached hydrogen (secondary N) is 1. The Morgan fingerprint density at radius 3 is 2.74 bits per heavy atom. The molecule has 0 unspecified atom stereocenters. The van der Waals surface area contributed by atoms with Crippen molar-refractivity contribution in [2.45, 2.75) is 12.5 Å². The Morgan fingerprint density at radius 2 is 2.16 bits per heavy atom. The summed E-state index contributed by atoms with van der Waals surface area (Å²) < 4.78 is 1.71. The van der Waals surface area contributed by atoms with E-state index in [1.807, 2.05) is 43.6 Å². The van der Waals surface area contributed by atoms with Crippen LogP contribution in [0.25, 0.3) is 0 Å². The van der Waals surface area contributed by atoms with Crippen LogP contribution in [0.4, 0.5) is 0 Å². The van der Waals surface area contributed by atoms with E-state index in [4.69, 9.17) is 5.73 Å². The summed E-state index contributed by atoms with van der Waals surface area (Å²) in [6.07, 6.45) is 3.61. The van der Waals surface area contributed by atoms with Gasteiger partial charge >= 0.3 is 0 Å². The molecule has 0 radical (unpaired) electrons. The summed E-state index contributed by atoms with van der Waals surface area (Å²) in [4.78, 5) is 12.1. The molecular weight excluding hydrogens is 240 g/mol. The summed E-state index contributed by atoms with van der Waals surface area (Å²) in [7, 11) is 1.85. The Hall–Kier alpha value is -2.14. The lowest BCUT2D eigenvalue weighted by molar-refractivity contribution is -0.122. The van der Waals surface area contributed by atoms with Crippen LogP contribution < -0.4 is 11.1 Å². The lowest BCUT2D eigenvalue weighted by atomic mass is 9.98. The fourth-order valence-corrected chi connectivity index (χ4v) is 1.96. The van der Waals surface area contributed by atoms with Crippen LogP contribution in [0.5, 0.6) is 0 Å². The predicted molar refractivity (Wildman–Crippen MR) is 73.3 cm³/mol. The minimum atomic E-state index is -0.308. The number of aryl methyl sites for hydroxylation is 1. The first-order valence-electron chi connectivity index (χ1n) is 6.21. The van der Waals surface area contributed by atoms with Gasteiger partial charge in [-0.2, -0.15) is 5.10 Å². The van der Waals surface area contributed by atoms with E-state index in [-0.39, 0.29) is 11.8 Å². The van der Waals surface area contributed by atoms with Gasteiger partial charge in [0.1, 0.15) is 0 Å². The number of benzene rings is 1. The van der Waals surface area contributed by atoms with Crippen LogP contribution in [0.1, 0.15) is 17.0 Å². The highest BCUT2D eigenvalue weighted by atomic mass is 16.1. The first-order chi connectivity index (χ1) is 9.20. The molecule has 3 N–H and O–H groups in total. The highest BCUT2D eigenvalue weighted by molar-refractivity contribution is 5.83. The summed E-state index contributed by atoms with van der Waals surface area (Å²) in [5.41, 5.74) is 7.61. The first kappa shape index (κ1) is 13.3. The van der Waals surface area contributed by atoms with Crippen molar-refractivity contribution in [3.05, 3.63) is 53.9 Å². The smallest absolute Gasteiger partial charge is 0.229 e. The zero-order valence-corrected chi connectivity index (χ0v) is 10.9. The zero-order chi connectivity index (χ0) is 13.7. The van der Waals surface area contributed by atoms with Gasteiger partial charge in [-0.3, -0.25) is 9.48 Å². The molecule has 0 aliphatic rings. The normalized spacial score (nSPS) is 12.1. The second kappa shape index (κ2) is 6.15. The van der Waals surface area contributed by atoms with Gasteiger partial charge in [0.25, 0.3) is 0 Å². The van der Waals surface area contributed by atoms with E-state index in [9.17, 15) is 4.79 Å². The second-order valence-electron chi connectivity index (χ2n) is 4.44. The van der Waals surface area contributed by atoms with E-state index in [0.29, 0.717) is 13.1 Å². The molecule has 1 heterocycles. The zero-order valence-electron chi connectivity index (χ0n) is 10.9. The topological polar surface area (TPSA) is 72.9 Å². The molecule has 5 nitrogen and oxygen atoms in total. The Balaban J connectivity index is 1.98. The van der Waals surface area contributed by atoms with Gasteiger partial charge in [-0.1, -0.05) is 30.3 Å². The van der Waals surface area contributed by atoms with Gasteiger partial charge in [0.2, 0.25) is 5.91 Å². The largest absolute Gasteiger partial charge is 0.351 e. The molecule has 1 aromatic carbocycles. The third kappa shape index (κ3) is 3.42. The molecule has 0 fully saturated rings. The van der Waals surface area contributed by atoms with E-state index in [2.05, 4.69) is 10.4 Å². The lowest BCUT2D eigenvalue weighted by Crippen LogP contribution is -2.33. The van der Waals surface area contributed by atoms with Gasteiger partial charge in [-0.25, -0.2) is 0 Å². The molecule has 19 heavy (non-hydrogen) atoms. The van der Waals surface area contributed by atoms with Crippen LogP contribution in [0.3, 0.4) is 0 Å². The summed E-state index contributed by atoms with van der Waals surface area (Å²) in [5, 5.41) is 6.95. The molecule has 1 aromatic heterocycles. The fourth-order valence-electron chi connectivity index (χ4n) is 1.96. The van der Waals surface area contributed by atoms with Gasteiger partial charge in [0.15, 0.2) is 0 Å². The number of carbonyl (C=O) groups excluding carboxylic acids is 1. The number of hydrogen-bond donors (Lipinski definition) is 2. The highest BCUT2D eigenvalue weighted by Crippen LogP contribution is 2.14. The minimum absolute atomic E-state index is 0.0578. The van der Waals surface area contributed by atoms with Crippen LogP contribution in [0.2, 0.25) is 0 Å². The summed E-state index contributed by atoms with van der Waals surface area (Å²) in [6.45, 7) is 0.763. The molecule has 1 amide bonds. The van der Waals surface area contributed by atoms with E-state index < -0.39 is 0 Å². The Labute approximate surface area is 112 Å². The fraction of sp³-hybridized carbons (Fsp3) is 0.286. The molecule has 0 bridgehead atoms. The van der Waals surface area contributed by atoms with Crippen molar-refractivity contribution in [3.63, 3.8) is 0 Å². The lowest BCUT2D eigenvalue weighted by Gasteiger charge is -2.14. The highest BCUT2D eigenvalue weighted by Gasteiger charge is 2.18. The number of nitrogens with two attached hydrogens (primary N) is 1. The number of nitrogens with zero attached hydrogens (tertiary/aromatic N) is 2. The van der Waals surface area contributed by atoms with Crippen LogP contribution in [0, 0.1) is 0 Å². The third-order valence-corrected chi connectivity index (χ3v) is 2.98. The van der Waals surface area contributed by atoms with Crippen LogP contribution in [-0.4, -0.2) is 22.2 Å². The monoisotopic (exact) mass is 258 g/mol. The summed E-state index contributed by atoms with van der Waals surface area (Å²) in [5.74, 6) is -0.365. The summed E-state index contributed by atoms with van der Waals surface area (Å²) in [6, 6.07) is 9.58. The van der Waals surface area contributed by atoms with Crippen molar-refractivity contribution in [2.24, 2.45) is 12.8 Å². The molecule has 0 spiro atoms. The van der Waals surface area contributed by atoms with Crippen molar-refractivity contribution in [2.75, 3.05) is 6.54 Å². The molecule has 0 saturated carbocycles. The molecule has 0 aliphatic carbocycles. The first-order valence-corrected chi connectivity index (χ1v) is 6.21. The van der Waals surface area contributed by atoms with E-state index in [1.54, 1.807) is 10.9 Å². The number of hydrogen-bond acceptors (Lipinski definition) is 3. The van der Waals surface area contributed by atoms with E-state index in [1.165, 1.54) is 0 Å². The van der Waals surface area contributed by atoms with Crippen molar-refractivity contribution in [3.8, 4) is 0 Å². The maximum absolute atomic E-state index is 12.1. The van der Waals surface area contributed by atoms with Gasteiger partial charge in [-0.05, 0) is 5.56 Å². The standard InChI is InChI=1S/C14H18N4O/c1-18-10-11(9-17-18)8-16-14(19)13(7-15)12-5-3-2-4-6-12/h2-6,9-10,13H,7-8,15H2,1H3,(H,16,19)/t13-/m1/s1. The van der Waals surface area contributed by atoms with Crippen LogP contribution in [0.15, 0.2) is 42.7 Å².